The topological polar surface area (TPSA) is 23.6 Å². The lowest BCUT2D eigenvalue weighted by Crippen LogP contribution is -2.36. The minimum absolute atomic E-state index is 0.331. The Morgan fingerprint density at radius 1 is 1.54 bits per heavy atom. The predicted octanol–water partition coefficient (Wildman–Crippen LogP) is 0.949. The van der Waals surface area contributed by atoms with Crippen LogP contribution >= 0.6 is 0 Å². The predicted molar refractivity (Wildman–Crippen MR) is 53.6 cm³/mol. The van der Waals surface area contributed by atoms with Gasteiger partial charge in [0.2, 0.25) is 5.91 Å². The molecule has 0 bridgehead atoms. The van der Waals surface area contributed by atoms with Gasteiger partial charge in [-0.3, -0.25) is 4.79 Å². The third kappa shape index (κ3) is 2.99. The normalized spacial score (nSPS) is 17.9. The van der Waals surface area contributed by atoms with Crippen LogP contribution in [0.5, 0.6) is 0 Å². The molecule has 0 radical (unpaired) electrons. The molecule has 0 N–H and O–H groups in total. The molecule has 0 aromatic rings. The van der Waals surface area contributed by atoms with Crippen molar-refractivity contribution in [2.75, 3.05) is 26.7 Å². The second-order valence-electron chi connectivity index (χ2n) is 4.06. The van der Waals surface area contributed by atoms with Gasteiger partial charge in [-0.2, -0.15) is 0 Å². The molecule has 13 heavy (non-hydrogen) atoms. The Morgan fingerprint density at radius 2 is 2.23 bits per heavy atom. The highest BCUT2D eigenvalue weighted by molar-refractivity contribution is 5.78. The van der Waals surface area contributed by atoms with Crippen molar-refractivity contribution in [3.05, 3.63) is 0 Å². The summed E-state index contributed by atoms with van der Waals surface area (Å²) >= 11 is 0. The lowest BCUT2D eigenvalue weighted by molar-refractivity contribution is -0.127. The SMILES string of the molecule is CC(C)N(C)CCN1CCCC1=O. The van der Waals surface area contributed by atoms with E-state index in [1.165, 1.54) is 0 Å². The number of hydrogen-bond donors (Lipinski definition) is 0. The fourth-order valence-electron chi connectivity index (χ4n) is 1.48. The second kappa shape index (κ2) is 4.61. The van der Waals surface area contributed by atoms with E-state index in [0.717, 1.165) is 32.5 Å². The molecular weight excluding hydrogens is 164 g/mol. The van der Waals surface area contributed by atoms with Crippen molar-refractivity contribution in [2.24, 2.45) is 0 Å². The van der Waals surface area contributed by atoms with E-state index in [2.05, 4.69) is 25.8 Å². The molecule has 76 valence electrons. The second-order valence-corrected chi connectivity index (χ2v) is 4.06. The Kier molecular flexibility index (Phi) is 3.72. The number of nitrogens with zero attached hydrogens (tertiary/aromatic N) is 2. The number of hydrogen-bond acceptors (Lipinski definition) is 2. The Labute approximate surface area is 80.7 Å². The van der Waals surface area contributed by atoms with Crippen LogP contribution < -0.4 is 0 Å². The fraction of sp³-hybridized carbons (Fsp3) is 0.900. The van der Waals surface area contributed by atoms with E-state index in [9.17, 15) is 4.79 Å². The summed E-state index contributed by atoms with van der Waals surface area (Å²) in [6, 6.07) is 0.567. The minimum Gasteiger partial charge on any atom is -0.341 e. The van der Waals surface area contributed by atoms with Crippen molar-refractivity contribution >= 4 is 5.91 Å². The molecule has 1 saturated heterocycles. The number of carbonyl (C=O) groups excluding carboxylic acids is 1. The number of amides is 1. The Hall–Kier alpha value is -0.570. The van der Waals surface area contributed by atoms with Gasteiger partial charge < -0.3 is 9.80 Å². The monoisotopic (exact) mass is 184 g/mol. The summed E-state index contributed by atoms with van der Waals surface area (Å²) in [6.07, 6.45) is 1.80. The third-order valence-electron chi connectivity index (χ3n) is 2.78. The molecule has 0 atom stereocenters. The molecule has 1 heterocycles. The highest BCUT2D eigenvalue weighted by Gasteiger charge is 2.19. The maximum atomic E-state index is 11.3. The van der Waals surface area contributed by atoms with E-state index in [4.69, 9.17) is 0 Å². The first-order valence-corrected chi connectivity index (χ1v) is 5.09. The first-order chi connectivity index (χ1) is 6.11. The molecule has 1 amide bonds. The van der Waals surface area contributed by atoms with Crippen LogP contribution in [0.2, 0.25) is 0 Å². The van der Waals surface area contributed by atoms with Crippen molar-refractivity contribution in [1.29, 1.82) is 0 Å². The van der Waals surface area contributed by atoms with E-state index >= 15 is 0 Å². The van der Waals surface area contributed by atoms with Gasteiger partial charge in [0.15, 0.2) is 0 Å². The maximum Gasteiger partial charge on any atom is 0.222 e. The Bertz CT molecular complexity index is 180. The number of carbonyl (C=O) groups is 1. The van der Waals surface area contributed by atoms with Gasteiger partial charge in [0.25, 0.3) is 0 Å². The van der Waals surface area contributed by atoms with Gasteiger partial charge in [-0.1, -0.05) is 0 Å². The molecule has 0 aliphatic carbocycles. The Balaban J connectivity index is 2.22. The summed E-state index contributed by atoms with van der Waals surface area (Å²) in [7, 11) is 2.10. The molecule has 1 aliphatic rings. The molecule has 0 unspecified atom stereocenters. The quantitative estimate of drug-likeness (QED) is 0.649. The van der Waals surface area contributed by atoms with Crippen LogP contribution in [0.1, 0.15) is 26.7 Å². The molecule has 0 saturated carbocycles. The summed E-state index contributed by atoms with van der Waals surface area (Å²) in [5, 5.41) is 0. The van der Waals surface area contributed by atoms with E-state index in [1.807, 2.05) is 4.90 Å². The van der Waals surface area contributed by atoms with Crippen LogP contribution in [-0.2, 0) is 4.79 Å². The molecule has 1 rings (SSSR count). The lowest BCUT2D eigenvalue weighted by Gasteiger charge is -2.24. The number of likely N-dealkylation sites (N-methyl/N-ethyl adjacent to an activating group) is 1. The van der Waals surface area contributed by atoms with E-state index in [-0.39, 0.29) is 0 Å². The minimum atomic E-state index is 0.331. The largest absolute Gasteiger partial charge is 0.341 e. The van der Waals surface area contributed by atoms with E-state index in [0.29, 0.717) is 11.9 Å². The number of likely N-dealkylation sites (tertiary alicyclic amines) is 1. The number of rotatable bonds is 4. The van der Waals surface area contributed by atoms with Crippen LogP contribution in [0.15, 0.2) is 0 Å². The first-order valence-electron chi connectivity index (χ1n) is 5.09. The van der Waals surface area contributed by atoms with Gasteiger partial charge in [-0.15, -0.1) is 0 Å². The van der Waals surface area contributed by atoms with Crippen molar-refractivity contribution in [2.45, 2.75) is 32.7 Å². The summed E-state index contributed by atoms with van der Waals surface area (Å²) in [5.41, 5.74) is 0. The van der Waals surface area contributed by atoms with E-state index < -0.39 is 0 Å². The van der Waals surface area contributed by atoms with Gasteiger partial charge in [-0.05, 0) is 27.3 Å². The van der Waals surface area contributed by atoms with Gasteiger partial charge in [0.1, 0.15) is 0 Å². The van der Waals surface area contributed by atoms with Crippen LogP contribution in [0, 0.1) is 0 Å². The fourth-order valence-corrected chi connectivity index (χ4v) is 1.48. The lowest BCUT2D eigenvalue weighted by atomic mass is 10.3. The van der Waals surface area contributed by atoms with Gasteiger partial charge in [-0.25, -0.2) is 0 Å². The smallest absolute Gasteiger partial charge is 0.222 e. The molecule has 0 aromatic carbocycles. The highest BCUT2D eigenvalue weighted by Crippen LogP contribution is 2.09. The summed E-state index contributed by atoms with van der Waals surface area (Å²) in [4.78, 5) is 15.5. The third-order valence-corrected chi connectivity index (χ3v) is 2.78. The first kappa shape index (κ1) is 10.5. The zero-order valence-corrected chi connectivity index (χ0v) is 8.92. The van der Waals surface area contributed by atoms with Crippen LogP contribution in [-0.4, -0.2) is 48.4 Å². The average molecular weight is 184 g/mol. The van der Waals surface area contributed by atoms with Crippen molar-refractivity contribution in [3.8, 4) is 0 Å². The van der Waals surface area contributed by atoms with Crippen molar-refractivity contribution < 1.29 is 4.79 Å². The molecular formula is C10H20N2O. The van der Waals surface area contributed by atoms with Gasteiger partial charge in [0, 0.05) is 32.1 Å². The maximum absolute atomic E-state index is 11.3. The molecule has 0 spiro atoms. The highest BCUT2D eigenvalue weighted by atomic mass is 16.2. The standard InChI is InChI=1S/C10H20N2O/c1-9(2)11(3)7-8-12-6-4-5-10(12)13/h9H,4-8H2,1-3H3. The summed E-state index contributed by atoms with van der Waals surface area (Å²) < 4.78 is 0. The van der Waals surface area contributed by atoms with Crippen molar-refractivity contribution in [1.82, 2.24) is 9.80 Å². The van der Waals surface area contributed by atoms with Gasteiger partial charge in [0.05, 0.1) is 0 Å². The van der Waals surface area contributed by atoms with Crippen LogP contribution in [0.4, 0.5) is 0 Å². The molecule has 0 aromatic heterocycles. The van der Waals surface area contributed by atoms with E-state index in [1.54, 1.807) is 0 Å². The average Bonchev–Trinajstić information content (AvgIpc) is 2.47. The van der Waals surface area contributed by atoms with Crippen LogP contribution in [0.3, 0.4) is 0 Å². The summed E-state index contributed by atoms with van der Waals surface area (Å²) in [6.45, 7) is 7.19. The van der Waals surface area contributed by atoms with Gasteiger partial charge >= 0.3 is 0 Å². The van der Waals surface area contributed by atoms with Crippen molar-refractivity contribution in [3.63, 3.8) is 0 Å². The molecule has 1 aliphatic heterocycles. The molecule has 3 heteroatoms. The van der Waals surface area contributed by atoms with Crippen LogP contribution in [0.25, 0.3) is 0 Å². The zero-order chi connectivity index (χ0) is 9.84. The Morgan fingerprint density at radius 3 is 2.69 bits per heavy atom. The molecule has 1 fully saturated rings. The molecule has 3 nitrogen and oxygen atoms in total. The summed E-state index contributed by atoms with van der Waals surface area (Å²) in [5.74, 6) is 0.331. The zero-order valence-electron chi connectivity index (χ0n) is 8.92.